The predicted octanol–water partition coefficient (Wildman–Crippen LogP) is 3.73. The number of nitro groups is 1. The number of hydrogen-bond acceptors (Lipinski definition) is 4. The lowest BCUT2D eigenvalue weighted by atomic mass is 9.89. The molecule has 128 valence electrons. The highest BCUT2D eigenvalue weighted by molar-refractivity contribution is 6.83. The van der Waals surface area contributed by atoms with Crippen LogP contribution in [0.4, 0.5) is 5.69 Å². The number of nitrogens with zero attached hydrogens (tertiary/aromatic N) is 1. The van der Waals surface area contributed by atoms with Gasteiger partial charge in [-0.15, -0.1) is 5.54 Å². The van der Waals surface area contributed by atoms with Gasteiger partial charge in [-0.3, -0.25) is 14.9 Å². The number of carbonyl (C=O) groups excluding carboxylic acids is 1. The summed E-state index contributed by atoms with van der Waals surface area (Å²) in [5.74, 6) is 3.25. The lowest BCUT2D eigenvalue weighted by molar-refractivity contribution is -0.384. The van der Waals surface area contributed by atoms with Gasteiger partial charge in [-0.1, -0.05) is 25.6 Å². The Kier molecular flexibility index (Phi) is 5.26. The van der Waals surface area contributed by atoms with Crippen molar-refractivity contribution in [3.05, 3.63) is 39.9 Å². The average Bonchev–Trinajstić information content (AvgIpc) is 2.79. The van der Waals surface area contributed by atoms with Crippen molar-refractivity contribution in [2.75, 3.05) is 0 Å². The molecule has 1 unspecified atom stereocenters. The van der Waals surface area contributed by atoms with E-state index in [4.69, 9.17) is 4.74 Å². The number of ether oxygens (including phenoxy) is 1. The van der Waals surface area contributed by atoms with Gasteiger partial charge < -0.3 is 4.74 Å². The van der Waals surface area contributed by atoms with E-state index in [1.807, 2.05) is 6.92 Å². The van der Waals surface area contributed by atoms with Crippen LogP contribution in [0, 0.1) is 27.0 Å². The Bertz CT molecular complexity index is 696. The molecule has 0 aliphatic heterocycles. The zero-order valence-corrected chi connectivity index (χ0v) is 15.6. The monoisotopic (exact) mass is 345 g/mol. The van der Waals surface area contributed by atoms with Crippen LogP contribution < -0.4 is 0 Å². The van der Waals surface area contributed by atoms with Crippen LogP contribution in [0.25, 0.3) is 0 Å². The van der Waals surface area contributed by atoms with Crippen molar-refractivity contribution in [1.29, 1.82) is 0 Å². The van der Waals surface area contributed by atoms with Crippen molar-refractivity contribution in [2.45, 2.75) is 52.1 Å². The third-order valence-electron chi connectivity index (χ3n) is 4.05. The molecule has 1 saturated carbocycles. The van der Waals surface area contributed by atoms with Crippen molar-refractivity contribution in [2.24, 2.45) is 5.41 Å². The maximum Gasteiger partial charge on any atom is 0.269 e. The van der Waals surface area contributed by atoms with Crippen LogP contribution in [0.15, 0.2) is 24.3 Å². The van der Waals surface area contributed by atoms with E-state index in [9.17, 15) is 14.9 Å². The predicted molar refractivity (Wildman–Crippen MR) is 95.1 cm³/mol. The van der Waals surface area contributed by atoms with Crippen LogP contribution in [0.2, 0.25) is 19.6 Å². The molecule has 0 saturated heterocycles. The summed E-state index contributed by atoms with van der Waals surface area (Å²) in [7, 11) is -1.52. The van der Waals surface area contributed by atoms with Crippen LogP contribution in [0.1, 0.15) is 25.3 Å². The minimum Gasteiger partial charge on any atom is -0.366 e. The number of Topliss-reactive ketones (excluding diaryl/α,β-unsaturated/α-hetero) is 1. The van der Waals surface area contributed by atoms with E-state index in [1.54, 1.807) is 12.1 Å². The fourth-order valence-corrected chi connectivity index (χ4v) is 3.20. The quantitative estimate of drug-likeness (QED) is 0.361. The van der Waals surface area contributed by atoms with Crippen LogP contribution in [-0.2, 0) is 16.1 Å². The van der Waals surface area contributed by atoms with Crippen LogP contribution in [-0.4, -0.2) is 24.9 Å². The Hall–Kier alpha value is -1.97. The third kappa shape index (κ3) is 4.53. The summed E-state index contributed by atoms with van der Waals surface area (Å²) in [6.07, 6.45) is 0.942. The summed E-state index contributed by atoms with van der Waals surface area (Å²) in [5.41, 5.74) is 3.55. The summed E-state index contributed by atoms with van der Waals surface area (Å²) < 4.78 is 5.75. The maximum absolute atomic E-state index is 12.6. The molecule has 24 heavy (non-hydrogen) atoms. The van der Waals surface area contributed by atoms with Crippen LogP contribution >= 0.6 is 0 Å². The Morgan fingerprint density at radius 2 is 1.96 bits per heavy atom. The highest BCUT2D eigenvalue weighted by Crippen LogP contribution is 2.36. The lowest BCUT2D eigenvalue weighted by Gasteiger charge is -2.17. The molecule has 0 bridgehead atoms. The third-order valence-corrected chi connectivity index (χ3v) is 4.93. The van der Waals surface area contributed by atoms with Crippen molar-refractivity contribution in [3.8, 4) is 11.5 Å². The van der Waals surface area contributed by atoms with E-state index in [1.165, 1.54) is 12.1 Å². The molecule has 5 nitrogen and oxygen atoms in total. The topological polar surface area (TPSA) is 69.4 Å². The Labute approximate surface area is 143 Å². The molecule has 1 aliphatic carbocycles. The molecule has 1 aromatic rings. The first-order valence-electron chi connectivity index (χ1n) is 8.04. The molecule has 6 heteroatoms. The van der Waals surface area contributed by atoms with Gasteiger partial charge in [0, 0.05) is 12.1 Å². The first kappa shape index (κ1) is 18.4. The van der Waals surface area contributed by atoms with Gasteiger partial charge in [0.05, 0.1) is 16.9 Å². The molecule has 1 fully saturated rings. The second-order valence-corrected chi connectivity index (χ2v) is 12.2. The molecule has 2 atom stereocenters. The van der Waals surface area contributed by atoms with Crippen molar-refractivity contribution >= 4 is 19.5 Å². The second kappa shape index (κ2) is 6.87. The number of benzene rings is 1. The second-order valence-electron chi connectivity index (χ2n) is 7.46. The summed E-state index contributed by atoms with van der Waals surface area (Å²) in [4.78, 5) is 22.8. The zero-order valence-electron chi connectivity index (χ0n) is 14.6. The molecule has 0 radical (unpaired) electrons. The minimum atomic E-state index is -1.52. The number of carbonyl (C=O) groups is 1. The van der Waals surface area contributed by atoms with Crippen LogP contribution in [0.3, 0.4) is 0 Å². The van der Waals surface area contributed by atoms with E-state index in [-0.39, 0.29) is 18.1 Å². The molecular formula is C18H23NO4Si. The largest absolute Gasteiger partial charge is 0.366 e. The lowest BCUT2D eigenvalue weighted by Crippen LogP contribution is -2.29. The van der Waals surface area contributed by atoms with E-state index in [2.05, 4.69) is 31.1 Å². The molecule has 1 aliphatic rings. The molecule has 0 amide bonds. The molecule has 1 aromatic carbocycles. The van der Waals surface area contributed by atoms with Crippen molar-refractivity contribution in [3.63, 3.8) is 0 Å². The number of ketones is 1. The normalized spacial score (nSPS) is 23.7. The van der Waals surface area contributed by atoms with E-state index < -0.39 is 24.5 Å². The average molecular weight is 345 g/mol. The SMILES string of the molecule is C[C@@]1(C#C[Si](C)(C)C)CCC(OCc2ccc([N+](=O)[O-])cc2)C1=O. The zero-order chi connectivity index (χ0) is 18.0. The van der Waals surface area contributed by atoms with Gasteiger partial charge >= 0.3 is 0 Å². The molecular weight excluding hydrogens is 322 g/mol. The first-order valence-corrected chi connectivity index (χ1v) is 11.5. The summed E-state index contributed by atoms with van der Waals surface area (Å²) in [6, 6.07) is 6.20. The maximum atomic E-state index is 12.6. The minimum absolute atomic E-state index is 0.0462. The molecule has 2 rings (SSSR count). The highest BCUT2D eigenvalue weighted by atomic mass is 28.3. The highest BCUT2D eigenvalue weighted by Gasteiger charge is 2.43. The van der Waals surface area contributed by atoms with Gasteiger partial charge in [-0.2, -0.15) is 0 Å². The summed E-state index contributed by atoms with van der Waals surface area (Å²) >= 11 is 0. The summed E-state index contributed by atoms with van der Waals surface area (Å²) in [5, 5.41) is 10.6. The Morgan fingerprint density at radius 3 is 2.50 bits per heavy atom. The molecule has 0 aromatic heterocycles. The van der Waals surface area contributed by atoms with Gasteiger partial charge in [-0.25, -0.2) is 0 Å². The molecule has 0 heterocycles. The Morgan fingerprint density at radius 1 is 1.33 bits per heavy atom. The smallest absolute Gasteiger partial charge is 0.269 e. The Balaban J connectivity index is 1.98. The molecule has 0 N–H and O–H groups in total. The van der Waals surface area contributed by atoms with Gasteiger partial charge in [0.2, 0.25) is 0 Å². The van der Waals surface area contributed by atoms with Gasteiger partial charge in [-0.05, 0) is 37.5 Å². The van der Waals surface area contributed by atoms with E-state index in [0.717, 1.165) is 5.56 Å². The number of rotatable bonds is 4. The fraction of sp³-hybridized carbons (Fsp3) is 0.500. The van der Waals surface area contributed by atoms with Crippen molar-refractivity contribution < 1.29 is 14.5 Å². The summed E-state index contributed by atoms with van der Waals surface area (Å²) in [6.45, 7) is 8.64. The molecule has 0 spiro atoms. The number of hydrogen-bond donors (Lipinski definition) is 0. The number of non-ortho nitro benzene ring substituents is 1. The van der Waals surface area contributed by atoms with Gasteiger partial charge in [0.25, 0.3) is 5.69 Å². The van der Waals surface area contributed by atoms with Gasteiger partial charge in [0.1, 0.15) is 14.2 Å². The standard InChI is InChI=1S/C18H23NO4Si/c1-18(11-12-24(2,3)4)10-9-16(17(18)20)23-13-14-5-7-15(8-6-14)19(21)22/h5-8,16H,9-10,13H2,1-4H3/t16?,18-/m0/s1. The van der Waals surface area contributed by atoms with Gasteiger partial charge in [0.15, 0.2) is 5.78 Å². The van der Waals surface area contributed by atoms with Crippen molar-refractivity contribution in [1.82, 2.24) is 0 Å². The van der Waals surface area contributed by atoms with Crippen LogP contribution in [0.5, 0.6) is 0 Å². The van der Waals surface area contributed by atoms with E-state index in [0.29, 0.717) is 12.8 Å². The number of nitro benzene ring substituents is 1. The first-order chi connectivity index (χ1) is 11.1. The van der Waals surface area contributed by atoms with E-state index >= 15 is 0 Å². The fourth-order valence-electron chi connectivity index (χ4n) is 2.55.